The second kappa shape index (κ2) is 21.4. The van der Waals surface area contributed by atoms with Gasteiger partial charge in [-0.15, -0.1) is 22.7 Å². The van der Waals surface area contributed by atoms with Crippen LogP contribution in [0.25, 0.3) is 31.9 Å². The second-order valence-electron chi connectivity index (χ2n) is 12.8. The highest BCUT2D eigenvalue weighted by molar-refractivity contribution is 9.11. The van der Waals surface area contributed by atoms with Crippen molar-refractivity contribution in [2.75, 3.05) is 0 Å². The van der Waals surface area contributed by atoms with Crippen LogP contribution < -0.4 is 0 Å². The molecule has 4 aromatic rings. The molecule has 248 valence electrons. The molecule has 45 heavy (non-hydrogen) atoms. The summed E-state index contributed by atoms with van der Waals surface area (Å²) < 4.78 is 12.2. The topological polar surface area (TPSA) is 25.8 Å². The van der Waals surface area contributed by atoms with Gasteiger partial charge in [-0.2, -0.15) is 8.75 Å². The van der Waals surface area contributed by atoms with Gasteiger partial charge in [-0.3, -0.25) is 0 Å². The van der Waals surface area contributed by atoms with Gasteiger partial charge in [0.25, 0.3) is 0 Å². The number of fused-ring (bicyclic) bond motifs is 1. The Balaban J connectivity index is 1.33. The van der Waals surface area contributed by atoms with Crippen molar-refractivity contribution >= 4 is 77.3 Å². The summed E-state index contributed by atoms with van der Waals surface area (Å²) in [6.45, 7) is 4.59. The van der Waals surface area contributed by atoms with Crippen molar-refractivity contribution in [1.82, 2.24) is 8.75 Å². The van der Waals surface area contributed by atoms with Crippen LogP contribution in [0, 0.1) is 0 Å². The summed E-state index contributed by atoms with van der Waals surface area (Å²) in [5.74, 6) is 0. The fourth-order valence-electron chi connectivity index (χ4n) is 6.46. The van der Waals surface area contributed by atoms with Crippen LogP contribution in [0.4, 0.5) is 0 Å². The molecular weight excluding hydrogens is 740 g/mol. The molecule has 1 aromatic carbocycles. The highest BCUT2D eigenvalue weighted by atomic mass is 79.9. The SMILES string of the molecule is CCCCCCCCCCCCc1cc(Br)sc1-c1ccc(-c2sc(Br)cc2CCCCCCCCCCCC)c2nsnc12. The number of halogens is 2. The molecule has 0 saturated heterocycles. The Bertz CT molecular complexity index is 1290. The molecule has 0 spiro atoms. The second-order valence-corrected chi connectivity index (χ2v) is 18.2. The standard InChI is InChI=1S/C38H54Br2N2S3/c1-3-5-7-9-11-13-15-17-19-21-23-29-27-33(39)43-37(29)31-25-26-32(36-35(31)41-45-42-36)38-30(28-34(40)44-38)24-22-20-18-16-14-12-10-8-6-4-2/h25-28H,3-24H2,1-2H3. The first-order chi connectivity index (χ1) is 22.1. The van der Waals surface area contributed by atoms with E-state index in [9.17, 15) is 0 Å². The maximum absolute atomic E-state index is 4.87. The molecule has 0 bridgehead atoms. The molecule has 0 unspecified atom stereocenters. The van der Waals surface area contributed by atoms with Crippen LogP contribution in [0.3, 0.4) is 0 Å². The molecule has 0 fully saturated rings. The minimum atomic E-state index is 1.06. The van der Waals surface area contributed by atoms with Gasteiger partial charge in [0.1, 0.15) is 11.0 Å². The Morgan fingerprint density at radius 3 is 1.18 bits per heavy atom. The summed E-state index contributed by atoms with van der Waals surface area (Å²) in [5, 5.41) is 0. The highest BCUT2D eigenvalue weighted by Gasteiger charge is 2.20. The van der Waals surface area contributed by atoms with Gasteiger partial charge >= 0.3 is 0 Å². The van der Waals surface area contributed by atoms with E-state index in [1.54, 1.807) is 0 Å². The van der Waals surface area contributed by atoms with Crippen molar-refractivity contribution in [3.8, 4) is 20.9 Å². The summed E-state index contributed by atoms with van der Waals surface area (Å²) in [5.41, 5.74) is 7.51. The Kier molecular flexibility index (Phi) is 17.7. The number of unbranched alkanes of at least 4 members (excludes halogenated alkanes) is 18. The molecule has 7 heteroatoms. The minimum Gasteiger partial charge on any atom is -0.172 e. The molecule has 0 aliphatic carbocycles. The summed E-state index contributed by atoms with van der Waals surface area (Å²) in [6, 6.07) is 9.32. The Morgan fingerprint density at radius 1 is 0.489 bits per heavy atom. The van der Waals surface area contributed by atoms with Crippen LogP contribution in [0.15, 0.2) is 31.8 Å². The van der Waals surface area contributed by atoms with E-state index in [0.717, 1.165) is 23.9 Å². The Hall–Kier alpha value is -0.600. The van der Waals surface area contributed by atoms with Gasteiger partial charge in [0.2, 0.25) is 0 Å². The van der Waals surface area contributed by atoms with Crippen LogP contribution in [0.5, 0.6) is 0 Å². The summed E-state index contributed by atoms with van der Waals surface area (Å²) in [6.07, 6.45) is 29.7. The maximum atomic E-state index is 4.87. The molecule has 0 amide bonds. The number of aromatic nitrogens is 2. The number of rotatable bonds is 24. The third kappa shape index (κ3) is 12.1. The number of benzene rings is 1. The van der Waals surface area contributed by atoms with Crippen molar-refractivity contribution in [1.29, 1.82) is 0 Å². The van der Waals surface area contributed by atoms with Crippen molar-refractivity contribution in [3.05, 3.63) is 43.0 Å². The first-order valence-corrected chi connectivity index (χ1v) is 21.9. The van der Waals surface area contributed by atoms with Gasteiger partial charge in [-0.25, -0.2) is 0 Å². The summed E-state index contributed by atoms with van der Waals surface area (Å²) in [7, 11) is 0. The van der Waals surface area contributed by atoms with Crippen LogP contribution in [-0.4, -0.2) is 8.75 Å². The average molecular weight is 795 g/mol. The van der Waals surface area contributed by atoms with Gasteiger partial charge < -0.3 is 0 Å². The molecular formula is C38H54Br2N2S3. The van der Waals surface area contributed by atoms with Gasteiger partial charge in [0, 0.05) is 20.9 Å². The van der Waals surface area contributed by atoms with Gasteiger partial charge in [-0.05, 0) is 80.8 Å². The normalized spacial score (nSPS) is 11.7. The molecule has 0 atom stereocenters. The highest BCUT2D eigenvalue weighted by Crippen LogP contribution is 2.44. The predicted molar refractivity (Wildman–Crippen MR) is 211 cm³/mol. The number of aryl methyl sites for hydroxylation is 2. The average Bonchev–Trinajstić information content (AvgIpc) is 3.77. The Morgan fingerprint density at radius 2 is 0.822 bits per heavy atom. The smallest absolute Gasteiger partial charge is 0.114 e. The fourth-order valence-corrected chi connectivity index (χ4v) is 10.5. The number of nitrogens with zero attached hydrogens (tertiary/aromatic N) is 2. The van der Waals surface area contributed by atoms with E-state index >= 15 is 0 Å². The lowest BCUT2D eigenvalue weighted by atomic mass is 9.98. The van der Waals surface area contributed by atoms with E-state index < -0.39 is 0 Å². The van der Waals surface area contributed by atoms with E-state index in [1.165, 1.54) is 180 Å². The number of hydrogen-bond acceptors (Lipinski definition) is 5. The zero-order valence-electron chi connectivity index (χ0n) is 27.7. The van der Waals surface area contributed by atoms with Crippen molar-refractivity contribution in [3.63, 3.8) is 0 Å². The number of thiophene rings is 2. The molecule has 2 nitrogen and oxygen atoms in total. The lowest BCUT2D eigenvalue weighted by Gasteiger charge is -2.09. The molecule has 3 heterocycles. The van der Waals surface area contributed by atoms with Crippen molar-refractivity contribution in [2.24, 2.45) is 0 Å². The predicted octanol–water partition coefficient (Wildman–Crippen LogP) is 15.6. The third-order valence-electron chi connectivity index (χ3n) is 9.06. The zero-order valence-corrected chi connectivity index (χ0v) is 33.4. The first-order valence-electron chi connectivity index (χ1n) is 17.9. The van der Waals surface area contributed by atoms with Gasteiger partial charge in [0.05, 0.1) is 19.3 Å². The molecule has 0 N–H and O–H groups in total. The maximum Gasteiger partial charge on any atom is 0.114 e. The van der Waals surface area contributed by atoms with Crippen LogP contribution in [-0.2, 0) is 12.8 Å². The van der Waals surface area contributed by atoms with E-state index in [-0.39, 0.29) is 0 Å². The summed E-state index contributed by atoms with van der Waals surface area (Å²) in [4.78, 5) is 2.72. The first kappa shape index (κ1) is 37.2. The molecule has 3 aromatic heterocycles. The van der Waals surface area contributed by atoms with Crippen LogP contribution in [0.1, 0.15) is 153 Å². The van der Waals surface area contributed by atoms with E-state index in [2.05, 4.69) is 70.0 Å². The molecule has 4 rings (SSSR count). The van der Waals surface area contributed by atoms with Crippen molar-refractivity contribution < 1.29 is 0 Å². The van der Waals surface area contributed by atoms with Gasteiger partial charge in [-0.1, -0.05) is 142 Å². The van der Waals surface area contributed by atoms with Gasteiger partial charge in [0.15, 0.2) is 0 Å². The Labute approximate surface area is 302 Å². The van der Waals surface area contributed by atoms with Crippen LogP contribution in [0.2, 0.25) is 0 Å². The fraction of sp³-hybridized carbons (Fsp3) is 0.632. The molecule has 0 saturated carbocycles. The monoisotopic (exact) mass is 792 g/mol. The molecule has 0 radical (unpaired) electrons. The van der Waals surface area contributed by atoms with Crippen molar-refractivity contribution in [2.45, 2.75) is 155 Å². The lowest BCUT2D eigenvalue weighted by Crippen LogP contribution is -1.91. The van der Waals surface area contributed by atoms with Crippen LogP contribution >= 0.6 is 66.3 Å². The third-order valence-corrected chi connectivity index (χ3v) is 13.0. The molecule has 0 aliphatic rings. The lowest BCUT2D eigenvalue weighted by molar-refractivity contribution is 0.556. The summed E-state index contributed by atoms with van der Waals surface area (Å²) >= 11 is 12.7. The van der Waals surface area contributed by atoms with E-state index in [4.69, 9.17) is 8.75 Å². The zero-order chi connectivity index (χ0) is 31.7. The quantitative estimate of drug-likeness (QED) is 0.0660. The minimum absolute atomic E-state index is 1.06. The molecule has 0 aliphatic heterocycles. The van der Waals surface area contributed by atoms with E-state index in [0.29, 0.717) is 0 Å². The largest absolute Gasteiger partial charge is 0.172 e. The number of hydrogen-bond donors (Lipinski definition) is 0. The van der Waals surface area contributed by atoms with E-state index in [1.807, 2.05) is 22.7 Å².